The van der Waals surface area contributed by atoms with Crippen molar-refractivity contribution in [2.75, 3.05) is 13.8 Å². The average molecular weight is 268 g/mol. The SMILES string of the molecule is CO[C@H]1CC[C@H](OC(=O)c2ccccc2)[C@H](CF)O1. The number of ether oxygens (including phenoxy) is 3. The molecule has 1 aromatic rings. The van der Waals surface area contributed by atoms with Crippen molar-refractivity contribution >= 4 is 5.97 Å². The highest BCUT2D eigenvalue weighted by atomic mass is 19.1. The smallest absolute Gasteiger partial charge is 0.338 e. The second-order valence-corrected chi connectivity index (χ2v) is 4.38. The molecule has 1 aliphatic rings. The average Bonchev–Trinajstić information content (AvgIpc) is 2.48. The highest BCUT2D eigenvalue weighted by Gasteiger charge is 2.34. The number of hydrogen-bond acceptors (Lipinski definition) is 4. The van der Waals surface area contributed by atoms with Crippen molar-refractivity contribution in [1.82, 2.24) is 0 Å². The Balaban J connectivity index is 1.96. The summed E-state index contributed by atoms with van der Waals surface area (Å²) in [5.41, 5.74) is 0.453. The van der Waals surface area contributed by atoms with E-state index in [4.69, 9.17) is 14.2 Å². The molecule has 0 amide bonds. The standard InChI is InChI=1S/C14H17FO4/c1-17-13-8-7-11(12(9-15)18-13)19-14(16)10-5-3-2-4-6-10/h2-6,11-13H,7-9H2,1H3/t11-,12-,13+/m0/s1. The molecule has 104 valence electrons. The van der Waals surface area contributed by atoms with Crippen molar-refractivity contribution in [3.63, 3.8) is 0 Å². The number of alkyl halides is 1. The first kappa shape index (κ1) is 14.0. The minimum absolute atomic E-state index is 0.424. The molecule has 0 radical (unpaired) electrons. The number of halogens is 1. The predicted octanol–water partition coefficient (Wildman–Crippen LogP) is 2.33. The van der Waals surface area contributed by atoms with E-state index in [9.17, 15) is 9.18 Å². The summed E-state index contributed by atoms with van der Waals surface area (Å²) in [7, 11) is 1.51. The first-order valence-electron chi connectivity index (χ1n) is 6.25. The Morgan fingerprint density at radius 3 is 2.74 bits per heavy atom. The molecule has 3 atom stereocenters. The molecule has 1 fully saturated rings. The van der Waals surface area contributed by atoms with Gasteiger partial charge < -0.3 is 14.2 Å². The zero-order valence-corrected chi connectivity index (χ0v) is 10.8. The van der Waals surface area contributed by atoms with Gasteiger partial charge in [-0.2, -0.15) is 0 Å². The summed E-state index contributed by atoms with van der Waals surface area (Å²) >= 11 is 0. The van der Waals surface area contributed by atoms with Gasteiger partial charge in [0.1, 0.15) is 18.9 Å². The second-order valence-electron chi connectivity index (χ2n) is 4.38. The Hall–Kier alpha value is -1.46. The summed E-state index contributed by atoms with van der Waals surface area (Å²) in [4.78, 5) is 11.9. The molecule has 0 bridgehead atoms. The number of carbonyl (C=O) groups is 1. The fourth-order valence-corrected chi connectivity index (χ4v) is 2.06. The predicted molar refractivity (Wildman–Crippen MR) is 66.5 cm³/mol. The van der Waals surface area contributed by atoms with Crippen LogP contribution in [0.25, 0.3) is 0 Å². The number of esters is 1. The number of methoxy groups -OCH3 is 1. The minimum Gasteiger partial charge on any atom is -0.456 e. The van der Waals surface area contributed by atoms with Crippen molar-refractivity contribution in [1.29, 1.82) is 0 Å². The molecule has 2 rings (SSSR count). The Kier molecular flexibility index (Phi) is 4.87. The zero-order chi connectivity index (χ0) is 13.7. The van der Waals surface area contributed by atoms with Crippen LogP contribution < -0.4 is 0 Å². The van der Waals surface area contributed by atoms with Crippen LogP contribution in [0.2, 0.25) is 0 Å². The van der Waals surface area contributed by atoms with Crippen LogP contribution in [0.1, 0.15) is 23.2 Å². The van der Waals surface area contributed by atoms with E-state index < -0.39 is 31.1 Å². The van der Waals surface area contributed by atoms with Gasteiger partial charge in [0, 0.05) is 13.5 Å². The third kappa shape index (κ3) is 3.52. The summed E-state index contributed by atoms with van der Waals surface area (Å²) in [6, 6.07) is 8.64. The number of benzene rings is 1. The molecule has 0 saturated carbocycles. The fraction of sp³-hybridized carbons (Fsp3) is 0.500. The quantitative estimate of drug-likeness (QED) is 0.786. The van der Waals surface area contributed by atoms with Gasteiger partial charge in [-0.15, -0.1) is 0 Å². The van der Waals surface area contributed by atoms with Crippen LogP contribution in [-0.4, -0.2) is 38.3 Å². The number of rotatable bonds is 4. The molecular formula is C14H17FO4. The molecule has 19 heavy (non-hydrogen) atoms. The third-order valence-corrected chi connectivity index (χ3v) is 3.11. The Labute approximate surface area is 111 Å². The van der Waals surface area contributed by atoms with Crippen LogP contribution >= 0.6 is 0 Å². The monoisotopic (exact) mass is 268 g/mol. The van der Waals surface area contributed by atoms with E-state index in [0.29, 0.717) is 18.4 Å². The Bertz CT molecular complexity index is 409. The first-order valence-corrected chi connectivity index (χ1v) is 6.25. The fourth-order valence-electron chi connectivity index (χ4n) is 2.06. The van der Waals surface area contributed by atoms with Gasteiger partial charge in [-0.1, -0.05) is 18.2 Å². The molecule has 1 aliphatic heterocycles. The van der Waals surface area contributed by atoms with Crippen LogP contribution in [0.3, 0.4) is 0 Å². The minimum atomic E-state index is -0.758. The Morgan fingerprint density at radius 2 is 2.11 bits per heavy atom. The normalized spacial score (nSPS) is 26.9. The molecule has 0 unspecified atom stereocenters. The maximum atomic E-state index is 12.9. The van der Waals surface area contributed by atoms with Crippen LogP contribution in [-0.2, 0) is 14.2 Å². The van der Waals surface area contributed by atoms with Crippen LogP contribution in [0.4, 0.5) is 4.39 Å². The first-order chi connectivity index (χ1) is 9.24. The molecule has 1 heterocycles. The van der Waals surface area contributed by atoms with Crippen molar-refractivity contribution in [2.24, 2.45) is 0 Å². The zero-order valence-electron chi connectivity index (χ0n) is 10.8. The molecule has 0 aromatic heterocycles. The molecule has 0 spiro atoms. The molecular weight excluding hydrogens is 251 g/mol. The lowest BCUT2D eigenvalue weighted by molar-refractivity contribution is -0.214. The van der Waals surface area contributed by atoms with Gasteiger partial charge in [-0.3, -0.25) is 0 Å². The Morgan fingerprint density at radius 1 is 1.37 bits per heavy atom. The number of carbonyl (C=O) groups excluding carboxylic acids is 1. The summed E-state index contributed by atoms with van der Waals surface area (Å²) < 4.78 is 28.6. The largest absolute Gasteiger partial charge is 0.456 e. The van der Waals surface area contributed by atoms with E-state index >= 15 is 0 Å². The van der Waals surface area contributed by atoms with E-state index in [2.05, 4.69) is 0 Å². The van der Waals surface area contributed by atoms with Crippen molar-refractivity contribution < 1.29 is 23.4 Å². The van der Waals surface area contributed by atoms with Gasteiger partial charge in [-0.05, 0) is 18.6 Å². The van der Waals surface area contributed by atoms with Gasteiger partial charge in [0.15, 0.2) is 6.29 Å². The molecule has 1 saturated heterocycles. The molecule has 0 aliphatic carbocycles. The molecule has 4 nitrogen and oxygen atoms in total. The van der Waals surface area contributed by atoms with Crippen molar-refractivity contribution in [3.05, 3.63) is 35.9 Å². The summed E-state index contributed by atoms with van der Waals surface area (Å²) in [5.74, 6) is -0.455. The maximum absolute atomic E-state index is 12.9. The molecule has 1 aromatic carbocycles. The van der Waals surface area contributed by atoms with Gasteiger partial charge in [0.25, 0.3) is 0 Å². The summed E-state index contributed by atoms with van der Waals surface area (Å²) in [5, 5.41) is 0. The van der Waals surface area contributed by atoms with Crippen LogP contribution in [0.5, 0.6) is 0 Å². The van der Waals surface area contributed by atoms with E-state index in [-0.39, 0.29) is 0 Å². The lowest BCUT2D eigenvalue weighted by Gasteiger charge is -2.33. The van der Waals surface area contributed by atoms with E-state index in [1.54, 1.807) is 24.3 Å². The van der Waals surface area contributed by atoms with Gasteiger partial charge in [0.05, 0.1) is 5.56 Å². The van der Waals surface area contributed by atoms with E-state index in [1.165, 1.54) is 7.11 Å². The van der Waals surface area contributed by atoms with Crippen LogP contribution in [0, 0.1) is 0 Å². The highest BCUT2D eigenvalue weighted by molar-refractivity contribution is 5.89. The summed E-state index contributed by atoms with van der Waals surface area (Å²) in [6.45, 7) is -0.702. The number of hydrogen-bond donors (Lipinski definition) is 0. The lowest BCUT2D eigenvalue weighted by Crippen LogP contribution is -2.43. The van der Waals surface area contributed by atoms with Gasteiger partial charge >= 0.3 is 5.97 Å². The van der Waals surface area contributed by atoms with Crippen molar-refractivity contribution in [3.8, 4) is 0 Å². The topological polar surface area (TPSA) is 44.8 Å². The van der Waals surface area contributed by atoms with E-state index in [1.807, 2.05) is 6.07 Å². The third-order valence-electron chi connectivity index (χ3n) is 3.11. The van der Waals surface area contributed by atoms with Gasteiger partial charge in [-0.25, -0.2) is 9.18 Å². The van der Waals surface area contributed by atoms with E-state index in [0.717, 1.165) is 0 Å². The molecule has 0 N–H and O–H groups in total. The maximum Gasteiger partial charge on any atom is 0.338 e. The molecule has 5 heteroatoms. The summed E-state index contributed by atoms with van der Waals surface area (Å²) in [6.07, 6.45) is -0.631. The van der Waals surface area contributed by atoms with Crippen LogP contribution in [0.15, 0.2) is 30.3 Å². The van der Waals surface area contributed by atoms with Gasteiger partial charge in [0.2, 0.25) is 0 Å². The highest BCUT2D eigenvalue weighted by Crippen LogP contribution is 2.24. The second kappa shape index (κ2) is 6.63. The lowest BCUT2D eigenvalue weighted by atomic mass is 10.1. The van der Waals surface area contributed by atoms with Crippen molar-refractivity contribution in [2.45, 2.75) is 31.3 Å².